The largest absolute Gasteiger partial charge is 0.241 e. The van der Waals surface area contributed by atoms with Crippen molar-refractivity contribution < 1.29 is 0 Å². The maximum atomic E-state index is 4.95. The average Bonchev–Trinajstić information content (AvgIpc) is 3.18. The van der Waals surface area contributed by atoms with E-state index >= 15 is 0 Å². The van der Waals surface area contributed by atoms with Crippen molar-refractivity contribution in [2.75, 3.05) is 0 Å². The molecule has 1 nitrogen and oxygen atoms in total. The third-order valence-electron chi connectivity index (χ3n) is 6.06. The lowest BCUT2D eigenvalue weighted by Gasteiger charge is -2.30. The van der Waals surface area contributed by atoms with E-state index in [1.54, 1.807) is 0 Å². The third-order valence-corrected chi connectivity index (χ3v) is 7.22. The molecule has 3 saturated carbocycles. The van der Waals surface area contributed by atoms with Crippen molar-refractivity contribution in [2.24, 2.45) is 23.7 Å². The number of para-hydroxylation sites is 1. The molecule has 3 fully saturated rings. The van der Waals surface area contributed by atoms with Crippen LogP contribution in [0.5, 0.6) is 0 Å². The Morgan fingerprint density at radius 2 is 1.89 bits per heavy atom. The molecule has 5 rings (SSSR count). The topological polar surface area (TPSA) is 12.9 Å². The van der Waals surface area contributed by atoms with Gasteiger partial charge in [-0.25, -0.2) is 4.98 Å². The highest BCUT2D eigenvalue weighted by atomic mass is 32.1. The van der Waals surface area contributed by atoms with Gasteiger partial charge in [0.1, 0.15) is 0 Å². The Balaban J connectivity index is 1.54. The lowest BCUT2D eigenvalue weighted by molar-refractivity contribution is 0.232. The maximum absolute atomic E-state index is 4.95. The van der Waals surface area contributed by atoms with E-state index in [9.17, 15) is 0 Å². The summed E-state index contributed by atoms with van der Waals surface area (Å²) in [7, 11) is 0. The summed E-state index contributed by atoms with van der Waals surface area (Å²) in [4.78, 5) is 4.95. The van der Waals surface area contributed by atoms with Crippen molar-refractivity contribution in [3.8, 4) is 0 Å². The van der Waals surface area contributed by atoms with E-state index in [0.29, 0.717) is 0 Å². The molecule has 1 aromatic heterocycles. The second-order valence-electron chi connectivity index (χ2n) is 6.78. The van der Waals surface area contributed by atoms with Crippen LogP contribution in [-0.2, 0) is 0 Å². The van der Waals surface area contributed by atoms with E-state index in [2.05, 4.69) is 24.3 Å². The predicted molar refractivity (Wildman–Crippen MR) is 79.4 cm³/mol. The van der Waals surface area contributed by atoms with Gasteiger partial charge in [-0.3, -0.25) is 0 Å². The van der Waals surface area contributed by atoms with Crippen molar-refractivity contribution in [3.63, 3.8) is 0 Å². The van der Waals surface area contributed by atoms with Gasteiger partial charge in [-0.05, 0) is 61.5 Å². The average molecular weight is 269 g/mol. The molecule has 5 atom stereocenters. The van der Waals surface area contributed by atoms with Gasteiger partial charge in [0.25, 0.3) is 0 Å². The van der Waals surface area contributed by atoms with Gasteiger partial charge in [0, 0.05) is 5.92 Å². The number of nitrogens with zero attached hydrogens (tertiary/aromatic N) is 1. The van der Waals surface area contributed by atoms with Crippen LogP contribution in [0.15, 0.2) is 24.3 Å². The number of thiazole rings is 1. The predicted octanol–water partition coefficient (Wildman–Crippen LogP) is 4.84. The van der Waals surface area contributed by atoms with Gasteiger partial charge in [0.15, 0.2) is 0 Å². The Morgan fingerprint density at radius 1 is 1.00 bits per heavy atom. The summed E-state index contributed by atoms with van der Waals surface area (Å²) in [5.74, 6) is 4.95. The SMILES string of the molecule is c1ccc2sc(C3CC4CC3C3CCCC43)nc2c1. The molecule has 2 bridgehead atoms. The van der Waals surface area contributed by atoms with Crippen LogP contribution < -0.4 is 0 Å². The smallest absolute Gasteiger partial charge is 0.0972 e. The number of aromatic nitrogens is 1. The van der Waals surface area contributed by atoms with Crippen LogP contribution in [0.25, 0.3) is 10.2 Å². The van der Waals surface area contributed by atoms with Crippen LogP contribution in [0.4, 0.5) is 0 Å². The van der Waals surface area contributed by atoms with Crippen LogP contribution >= 0.6 is 11.3 Å². The molecule has 98 valence electrons. The van der Waals surface area contributed by atoms with Crippen molar-refractivity contribution in [3.05, 3.63) is 29.3 Å². The van der Waals surface area contributed by atoms with Crippen molar-refractivity contribution in [2.45, 2.75) is 38.0 Å². The molecule has 1 aromatic carbocycles. The number of rotatable bonds is 1. The Bertz CT molecular complexity index is 598. The molecular weight excluding hydrogens is 250 g/mol. The summed E-state index contributed by atoms with van der Waals surface area (Å²) in [5, 5.41) is 1.44. The van der Waals surface area contributed by atoms with Gasteiger partial charge >= 0.3 is 0 Å². The summed E-state index contributed by atoms with van der Waals surface area (Å²) >= 11 is 1.96. The van der Waals surface area contributed by atoms with Crippen molar-refractivity contribution in [1.82, 2.24) is 4.98 Å². The van der Waals surface area contributed by atoms with Crippen molar-refractivity contribution >= 4 is 21.6 Å². The summed E-state index contributed by atoms with van der Waals surface area (Å²) in [6, 6.07) is 8.64. The fourth-order valence-corrected chi connectivity index (χ4v) is 6.56. The molecule has 3 aliphatic rings. The zero-order valence-electron chi connectivity index (χ0n) is 11.1. The summed E-state index contributed by atoms with van der Waals surface area (Å²) in [6.45, 7) is 0. The monoisotopic (exact) mass is 269 g/mol. The van der Waals surface area contributed by atoms with Crippen LogP contribution in [0.2, 0.25) is 0 Å². The first-order chi connectivity index (χ1) is 9.40. The molecule has 0 N–H and O–H groups in total. The second-order valence-corrected chi connectivity index (χ2v) is 7.84. The van der Waals surface area contributed by atoms with E-state index < -0.39 is 0 Å². The molecular formula is C17H19NS. The van der Waals surface area contributed by atoms with Gasteiger partial charge < -0.3 is 0 Å². The number of hydrogen-bond donors (Lipinski definition) is 0. The molecule has 0 aliphatic heterocycles. The molecule has 2 aromatic rings. The molecule has 2 heteroatoms. The Kier molecular flexibility index (Phi) is 2.18. The zero-order chi connectivity index (χ0) is 12.4. The first-order valence-electron chi connectivity index (χ1n) is 7.75. The molecule has 1 heterocycles. The van der Waals surface area contributed by atoms with E-state index in [1.807, 2.05) is 11.3 Å². The molecule has 3 aliphatic carbocycles. The van der Waals surface area contributed by atoms with Crippen LogP contribution in [0.1, 0.15) is 43.0 Å². The van der Waals surface area contributed by atoms with E-state index in [1.165, 1.54) is 47.3 Å². The van der Waals surface area contributed by atoms with E-state index in [-0.39, 0.29) is 0 Å². The van der Waals surface area contributed by atoms with Gasteiger partial charge in [-0.15, -0.1) is 11.3 Å². The standard InChI is InChI=1S/C17H19NS/c1-2-7-16-15(6-1)18-17(19-16)14-9-10-8-13(14)12-5-3-4-11(10)12/h1-2,6-7,10-14H,3-5,8-9H2. The normalized spacial score (nSPS) is 40.1. The Hall–Kier alpha value is -0.890. The van der Waals surface area contributed by atoms with E-state index in [0.717, 1.165) is 29.6 Å². The first kappa shape index (κ1) is 10.8. The fraction of sp³-hybridized carbons (Fsp3) is 0.588. The summed E-state index contributed by atoms with van der Waals surface area (Å²) in [6.07, 6.45) is 7.47. The fourth-order valence-electron chi connectivity index (χ4n) is 5.40. The first-order valence-corrected chi connectivity index (χ1v) is 8.57. The number of hydrogen-bond acceptors (Lipinski definition) is 2. The molecule has 0 saturated heterocycles. The molecule has 5 unspecified atom stereocenters. The van der Waals surface area contributed by atoms with Crippen LogP contribution in [0.3, 0.4) is 0 Å². The molecule has 0 amide bonds. The highest BCUT2D eigenvalue weighted by Crippen LogP contribution is 2.63. The zero-order valence-corrected chi connectivity index (χ0v) is 11.9. The quantitative estimate of drug-likeness (QED) is 0.722. The van der Waals surface area contributed by atoms with Crippen LogP contribution in [-0.4, -0.2) is 4.98 Å². The molecule has 0 spiro atoms. The second kappa shape index (κ2) is 3.82. The van der Waals surface area contributed by atoms with Crippen LogP contribution in [0, 0.1) is 23.7 Å². The third kappa shape index (κ3) is 1.44. The van der Waals surface area contributed by atoms with E-state index in [4.69, 9.17) is 4.98 Å². The summed E-state index contributed by atoms with van der Waals surface area (Å²) in [5.41, 5.74) is 1.22. The molecule has 0 radical (unpaired) electrons. The van der Waals surface area contributed by atoms with Gasteiger partial charge in [-0.2, -0.15) is 0 Å². The highest BCUT2D eigenvalue weighted by molar-refractivity contribution is 7.18. The number of fused-ring (bicyclic) bond motifs is 6. The lowest BCUT2D eigenvalue weighted by Crippen LogP contribution is -2.22. The summed E-state index contributed by atoms with van der Waals surface area (Å²) < 4.78 is 1.38. The Morgan fingerprint density at radius 3 is 2.84 bits per heavy atom. The van der Waals surface area contributed by atoms with Gasteiger partial charge in [0.05, 0.1) is 15.2 Å². The van der Waals surface area contributed by atoms with Gasteiger partial charge in [0.2, 0.25) is 0 Å². The minimum atomic E-state index is 0.793. The highest BCUT2D eigenvalue weighted by Gasteiger charge is 2.54. The van der Waals surface area contributed by atoms with Crippen molar-refractivity contribution in [1.29, 1.82) is 0 Å². The maximum Gasteiger partial charge on any atom is 0.0972 e. The Labute approximate surface area is 118 Å². The minimum absolute atomic E-state index is 0.793. The van der Waals surface area contributed by atoms with Gasteiger partial charge in [-0.1, -0.05) is 18.6 Å². The lowest BCUT2D eigenvalue weighted by atomic mass is 9.76. The molecule has 19 heavy (non-hydrogen) atoms. The minimum Gasteiger partial charge on any atom is -0.241 e. The number of benzene rings is 1.